The highest BCUT2D eigenvalue weighted by Crippen LogP contribution is 2.31. The lowest BCUT2D eigenvalue weighted by atomic mass is 10.2. The molecule has 104 valence electrons. The van der Waals surface area contributed by atoms with Gasteiger partial charge in [-0.15, -0.1) is 11.3 Å². The van der Waals surface area contributed by atoms with E-state index in [1.54, 1.807) is 18.4 Å². The first kappa shape index (κ1) is 13.5. The van der Waals surface area contributed by atoms with Crippen LogP contribution in [0.4, 0.5) is 11.5 Å². The number of alkyl halides is 1. The van der Waals surface area contributed by atoms with Gasteiger partial charge >= 0.3 is 0 Å². The molecule has 2 heterocycles. The van der Waals surface area contributed by atoms with Crippen LogP contribution in [0.25, 0.3) is 4.96 Å². The molecule has 0 radical (unpaired) electrons. The van der Waals surface area contributed by atoms with Gasteiger partial charge in [0.2, 0.25) is 0 Å². The number of hydrogen-bond acceptors (Lipinski definition) is 4. The van der Waals surface area contributed by atoms with Crippen molar-refractivity contribution in [1.82, 2.24) is 9.38 Å². The highest BCUT2D eigenvalue weighted by molar-refractivity contribution is 9.08. The number of ether oxygens (including phenoxy) is 1. The van der Waals surface area contributed by atoms with E-state index in [1.807, 2.05) is 36.7 Å². The van der Waals surface area contributed by atoms with Crippen LogP contribution in [0.1, 0.15) is 5.69 Å². The standard InChI is InChI=1S/C14H14BrN3OS/c1-17(10-3-5-11(19-2)6-4-10)13-12(9-15)18-7-8-20-14(18)16-13/h3-8H,9H2,1-2H3. The Morgan fingerprint density at radius 3 is 2.75 bits per heavy atom. The van der Waals surface area contributed by atoms with Gasteiger partial charge in [-0.25, -0.2) is 4.98 Å². The van der Waals surface area contributed by atoms with Crippen LogP contribution < -0.4 is 9.64 Å². The van der Waals surface area contributed by atoms with Gasteiger partial charge in [0, 0.05) is 29.6 Å². The molecule has 0 fully saturated rings. The Balaban J connectivity index is 2.02. The summed E-state index contributed by atoms with van der Waals surface area (Å²) in [4.78, 5) is 7.81. The number of halogens is 1. The molecule has 0 aliphatic heterocycles. The van der Waals surface area contributed by atoms with Gasteiger partial charge in [-0.05, 0) is 24.3 Å². The van der Waals surface area contributed by atoms with Crippen molar-refractivity contribution < 1.29 is 4.74 Å². The quantitative estimate of drug-likeness (QED) is 0.663. The van der Waals surface area contributed by atoms with Gasteiger partial charge in [-0.1, -0.05) is 15.9 Å². The van der Waals surface area contributed by atoms with Crippen LogP contribution in [0, 0.1) is 0 Å². The summed E-state index contributed by atoms with van der Waals surface area (Å²) in [6, 6.07) is 7.98. The van der Waals surface area contributed by atoms with E-state index in [0.717, 1.165) is 33.2 Å². The van der Waals surface area contributed by atoms with Crippen LogP contribution in [-0.4, -0.2) is 23.5 Å². The molecule has 3 aromatic rings. The summed E-state index contributed by atoms with van der Waals surface area (Å²) in [7, 11) is 3.70. The van der Waals surface area contributed by atoms with Crippen molar-refractivity contribution in [2.75, 3.05) is 19.1 Å². The van der Waals surface area contributed by atoms with E-state index in [-0.39, 0.29) is 0 Å². The zero-order chi connectivity index (χ0) is 14.1. The lowest BCUT2D eigenvalue weighted by Crippen LogP contribution is -2.11. The Hall–Kier alpha value is -1.53. The fourth-order valence-corrected chi connectivity index (χ4v) is 3.39. The first-order valence-corrected chi connectivity index (χ1v) is 8.13. The largest absolute Gasteiger partial charge is 0.497 e. The number of nitrogens with zero attached hydrogens (tertiary/aromatic N) is 3. The van der Waals surface area contributed by atoms with Gasteiger partial charge < -0.3 is 9.64 Å². The minimum atomic E-state index is 0.765. The van der Waals surface area contributed by atoms with E-state index in [0.29, 0.717) is 0 Å². The summed E-state index contributed by atoms with van der Waals surface area (Å²) in [6.45, 7) is 0. The van der Waals surface area contributed by atoms with E-state index in [9.17, 15) is 0 Å². The van der Waals surface area contributed by atoms with Crippen molar-refractivity contribution in [3.05, 3.63) is 41.5 Å². The fraction of sp³-hybridized carbons (Fsp3) is 0.214. The van der Waals surface area contributed by atoms with E-state index in [4.69, 9.17) is 9.72 Å². The second-order valence-electron chi connectivity index (χ2n) is 4.33. The average Bonchev–Trinajstić information content (AvgIpc) is 3.06. The Kier molecular flexibility index (Phi) is 3.67. The summed E-state index contributed by atoms with van der Waals surface area (Å²) in [6.07, 6.45) is 2.05. The topological polar surface area (TPSA) is 29.8 Å². The first-order chi connectivity index (χ1) is 9.74. The number of methoxy groups -OCH3 is 1. The highest BCUT2D eigenvalue weighted by Gasteiger charge is 2.16. The van der Waals surface area contributed by atoms with Crippen molar-refractivity contribution >= 4 is 43.7 Å². The molecule has 20 heavy (non-hydrogen) atoms. The number of imidazole rings is 1. The van der Waals surface area contributed by atoms with Crippen molar-refractivity contribution in [2.45, 2.75) is 5.33 Å². The summed E-state index contributed by atoms with van der Waals surface area (Å²) < 4.78 is 7.31. The molecule has 0 saturated carbocycles. The molecule has 4 nitrogen and oxygen atoms in total. The summed E-state index contributed by atoms with van der Waals surface area (Å²) in [5, 5.41) is 2.81. The number of aromatic nitrogens is 2. The van der Waals surface area contributed by atoms with Crippen LogP contribution >= 0.6 is 27.3 Å². The normalized spacial score (nSPS) is 10.9. The van der Waals surface area contributed by atoms with E-state index >= 15 is 0 Å². The third kappa shape index (κ3) is 2.19. The molecule has 0 spiro atoms. The van der Waals surface area contributed by atoms with Crippen molar-refractivity contribution in [3.8, 4) is 5.75 Å². The van der Waals surface area contributed by atoms with Gasteiger partial charge in [-0.2, -0.15) is 0 Å². The molecular formula is C14H14BrN3OS. The molecule has 0 saturated heterocycles. The van der Waals surface area contributed by atoms with Crippen LogP contribution in [0.15, 0.2) is 35.8 Å². The SMILES string of the molecule is COc1ccc(N(C)c2nc3sccn3c2CBr)cc1. The van der Waals surface area contributed by atoms with Gasteiger partial charge in [0.25, 0.3) is 0 Å². The molecule has 0 aliphatic rings. The zero-order valence-electron chi connectivity index (χ0n) is 11.2. The molecule has 0 bridgehead atoms. The van der Waals surface area contributed by atoms with Gasteiger partial charge in [0.15, 0.2) is 10.8 Å². The second kappa shape index (κ2) is 5.46. The van der Waals surface area contributed by atoms with E-state index in [1.165, 1.54) is 0 Å². The summed E-state index contributed by atoms with van der Waals surface area (Å²) >= 11 is 5.19. The predicted octanol–water partition coefficient (Wildman–Crippen LogP) is 4.07. The third-order valence-corrected chi connectivity index (χ3v) is 4.53. The monoisotopic (exact) mass is 351 g/mol. The number of rotatable bonds is 4. The van der Waals surface area contributed by atoms with Gasteiger partial charge in [-0.3, -0.25) is 4.40 Å². The number of thiazole rings is 1. The lowest BCUT2D eigenvalue weighted by Gasteiger charge is -2.18. The van der Waals surface area contributed by atoms with Gasteiger partial charge in [0.05, 0.1) is 12.8 Å². The smallest absolute Gasteiger partial charge is 0.195 e. The van der Waals surface area contributed by atoms with Gasteiger partial charge in [0.1, 0.15) is 5.75 Å². The minimum absolute atomic E-state index is 0.765. The molecule has 0 amide bonds. The molecule has 0 unspecified atom stereocenters. The lowest BCUT2D eigenvalue weighted by molar-refractivity contribution is 0.415. The molecule has 6 heteroatoms. The highest BCUT2D eigenvalue weighted by atomic mass is 79.9. The number of fused-ring (bicyclic) bond motifs is 1. The molecule has 1 aromatic carbocycles. The van der Waals surface area contributed by atoms with Crippen LogP contribution in [0.3, 0.4) is 0 Å². The van der Waals surface area contributed by atoms with E-state index < -0.39 is 0 Å². The first-order valence-electron chi connectivity index (χ1n) is 6.12. The maximum absolute atomic E-state index is 5.19. The molecule has 0 aliphatic carbocycles. The Morgan fingerprint density at radius 1 is 1.35 bits per heavy atom. The molecular weight excluding hydrogens is 338 g/mol. The van der Waals surface area contributed by atoms with Crippen LogP contribution in [0.5, 0.6) is 5.75 Å². The molecule has 0 N–H and O–H groups in total. The second-order valence-corrected chi connectivity index (χ2v) is 5.76. The van der Waals surface area contributed by atoms with Crippen LogP contribution in [-0.2, 0) is 5.33 Å². The molecule has 0 atom stereocenters. The summed E-state index contributed by atoms with van der Waals surface area (Å²) in [5.41, 5.74) is 2.23. The van der Waals surface area contributed by atoms with Crippen LogP contribution in [0.2, 0.25) is 0 Å². The Labute approximate surface area is 129 Å². The predicted molar refractivity (Wildman–Crippen MR) is 86.8 cm³/mol. The Bertz CT molecular complexity index is 720. The van der Waals surface area contributed by atoms with Crippen molar-refractivity contribution in [3.63, 3.8) is 0 Å². The zero-order valence-corrected chi connectivity index (χ0v) is 13.6. The fourth-order valence-electron chi connectivity index (χ4n) is 2.14. The van der Waals surface area contributed by atoms with Crippen molar-refractivity contribution in [1.29, 1.82) is 0 Å². The maximum atomic E-state index is 5.19. The maximum Gasteiger partial charge on any atom is 0.195 e. The number of benzene rings is 1. The van der Waals surface area contributed by atoms with Crippen molar-refractivity contribution in [2.24, 2.45) is 0 Å². The number of anilines is 2. The number of hydrogen-bond donors (Lipinski definition) is 0. The van der Waals surface area contributed by atoms with E-state index in [2.05, 4.69) is 31.4 Å². The molecule has 2 aromatic heterocycles. The average molecular weight is 352 g/mol. The third-order valence-electron chi connectivity index (χ3n) is 3.24. The summed E-state index contributed by atoms with van der Waals surface area (Å²) in [5.74, 6) is 1.83. The minimum Gasteiger partial charge on any atom is -0.497 e. The molecule has 3 rings (SSSR count). The Morgan fingerprint density at radius 2 is 2.10 bits per heavy atom.